The summed E-state index contributed by atoms with van der Waals surface area (Å²) in [4.78, 5) is 4.74. The molecule has 0 bridgehead atoms. The Kier molecular flexibility index (Phi) is 5.60. The van der Waals surface area contributed by atoms with Crippen LogP contribution in [-0.4, -0.2) is 22.1 Å². The van der Waals surface area contributed by atoms with E-state index in [0.717, 1.165) is 18.5 Å². The second-order valence-electron chi connectivity index (χ2n) is 5.53. The van der Waals surface area contributed by atoms with Crippen molar-refractivity contribution in [2.75, 3.05) is 6.54 Å². The van der Waals surface area contributed by atoms with E-state index >= 15 is 0 Å². The van der Waals surface area contributed by atoms with E-state index in [1.807, 2.05) is 0 Å². The molecule has 0 amide bonds. The van der Waals surface area contributed by atoms with Crippen molar-refractivity contribution in [2.45, 2.75) is 52.0 Å². The lowest BCUT2D eigenvalue weighted by molar-refractivity contribution is 0.453. The van der Waals surface area contributed by atoms with Crippen molar-refractivity contribution < 1.29 is 0 Å². The largest absolute Gasteiger partial charge is 0.331 e. The molecular weight excluding hydrogens is 246 g/mol. The van der Waals surface area contributed by atoms with Gasteiger partial charge in [0.25, 0.3) is 0 Å². The minimum absolute atomic E-state index is 0.657. The molecular formula is C17H27N3. The molecule has 0 spiro atoms. The Morgan fingerprint density at radius 3 is 2.75 bits per heavy atom. The lowest BCUT2D eigenvalue weighted by Gasteiger charge is -2.16. The highest BCUT2D eigenvalue weighted by molar-refractivity contribution is 5.75. The van der Waals surface area contributed by atoms with Gasteiger partial charge in [-0.15, -0.1) is 0 Å². The molecule has 0 fully saturated rings. The lowest BCUT2D eigenvalue weighted by Crippen LogP contribution is -2.29. The van der Waals surface area contributed by atoms with Crippen LogP contribution in [0.3, 0.4) is 0 Å². The van der Waals surface area contributed by atoms with Crippen molar-refractivity contribution in [1.82, 2.24) is 14.9 Å². The average Bonchev–Trinajstić information content (AvgIpc) is 2.80. The molecule has 0 radical (unpaired) electrons. The maximum absolute atomic E-state index is 4.74. The summed E-state index contributed by atoms with van der Waals surface area (Å²) in [6.07, 6.45) is 5.92. The van der Waals surface area contributed by atoms with Crippen LogP contribution in [0, 0.1) is 0 Å². The van der Waals surface area contributed by atoms with E-state index in [1.54, 1.807) is 0 Å². The zero-order chi connectivity index (χ0) is 14.4. The number of nitrogens with zero attached hydrogens (tertiary/aromatic N) is 2. The van der Waals surface area contributed by atoms with Crippen molar-refractivity contribution in [1.29, 1.82) is 0 Å². The van der Waals surface area contributed by atoms with Gasteiger partial charge in [0.05, 0.1) is 11.0 Å². The average molecular weight is 273 g/mol. The van der Waals surface area contributed by atoms with Gasteiger partial charge in [0.2, 0.25) is 0 Å². The van der Waals surface area contributed by atoms with Crippen molar-refractivity contribution >= 4 is 11.0 Å². The zero-order valence-electron chi connectivity index (χ0n) is 13.0. The smallest absolute Gasteiger partial charge is 0.109 e. The van der Waals surface area contributed by atoms with Crippen molar-refractivity contribution in [2.24, 2.45) is 7.05 Å². The van der Waals surface area contributed by atoms with Crippen LogP contribution in [0.5, 0.6) is 0 Å². The molecule has 1 N–H and O–H groups in total. The molecule has 0 aliphatic heterocycles. The second kappa shape index (κ2) is 7.44. The summed E-state index contributed by atoms with van der Waals surface area (Å²) in [5, 5.41) is 3.62. The zero-order valence-corrected chi connectivity index (χ0v) is 13.0. The standard InChI is InChI=1S/C17H27N3/c1-4-13-18-14(5-2)9-8-12-17-19-15-10-6-7-11-16(15)20(17)3/h6-7,10-11,14,18H,4-5,8-9,12-13H2,1-3H3. The molecule has 3 nitrogen and oxygen atoms in total. The van der Waals surface area contributed by atoms with Crippen LogP contribution in [0.1, 0.15) is 45.4 Å². The maximum Gasteiger partial charge on any atom is 0.109 e. The molecule has 0 aliphatic rings. The summed E-state index contributed by atoms with van der Waals surface area (Å²) in [5.74, 6) is 1.21. The van der Waals surface area contributed by atoms with Crippen LogP contribution in [-0.2, 0) is 13.5 Å². The Bertz CT molecular complexity index is 530. The van der Waals surface area contributed by atoms with Crippen LogP contribution in [0.2, 0.25) is 0 Å². The predicted molar refractivity (Wildman–Crippen MR) is 86.0 cm³/mol. The Labute approximate surface area is 122 Å². The van der Waals surface area contributed by atoms with Gasteiger partial charge in [-0.2, -0.15) is 0 Å². The van der Waals surface area contributed by atoms with Crippen LogP contribution in [0.15, 0.2) is 24.3 Å². The van der Waals surface area contributed by atoms with Crippen molar-refractivity contribution in [3.05, 3.63) is 30.1 Å². The van der Waals surface area contributed by atoms with Crippen molar-refractivity contribution in [3.63, 3.8) is 0 Å². The summed E-state index contributed by atoms with van der Waals surface area (Å²) < 4.78 is 2.23. The molecule has 0 aliphatic carbocycles. The van der Waals surface area contributed by atoms with E-state index in [1.165, 1.54) is 37.0 Å². The molecule has 1 heterocycles. The fourth-order valence-corrected chi connectivity index (χ4v) is 2.72. The van der Waals surface area contributed by atoms with Gasteiger partial charge in [0.15, 0.2) is 0 Å². The molecule has 2 rings (SSSR count). The number of hydrogen-bond donors (Lipinski definition) is 1. The first-order valence-electron chi connectivity index (χ1n) is 7.90. The monoisotopic (exact) mass is 273 g/mol. The number of aromatic nitrogens is 2. The Morgan fingerprint density at radius 1 is 1.25 bits per heavy atom. The van der Waals surface area contributed by atoms with Gasteiger partial charge in [-0.3, -0.25) is 0 Å². The number of aryl methyl sites for hydroxylation is 2. The molecule has 0 saturated carbocycles. The van der Waals surface area contributed by atoms with E-state index in [0.29, 0.717) is 6.04 Å². The second-order valence-corrected chi connectivity index (χ2v) is 5.53. The molecule has 1 unspecified atom stereocenters. The molecule has 3 heteroatoms. The SMILES string of the molecule is CCCNC(CC)CCCc1nc2ccccc2n1C. The molecule has 2 aromatic rings. The van der Waals surface area contributed by atoms with Gasteiger partial charge in [-0.05, 0) is 44.4 Å². The third kappa shape index (κ3) is 3.60. The highest BCUT2D eigenvalue weighted by Gasteiger charge is 2.09. The number of nitrogens with one attached hydrogen (secondary N) is 1. The van der Waals surface area contributed by atoms with Crippen LogP contribution in [0.4, 0.5) is 0 Å². The number of hydrogen-bond acceptors (Lipinski definition) is 2. The lowest BCUT2D eigenvalue weighted by atomic mass is 10.1. The van der Waals surface area contributed by atoms with Gasteiger partial charge >= 0.3 is 0 Å². The first-order chi connectivity index (χ1) is 9.76. The third-order valence-electron chi connectivity index (χ3n) is 4.01. The number of imidazole rings is 1. The van der Waals surface area contributed by atoms with Gasteiger partial charge in [0.1, 0.15) is 5.82 Å². The summed E-state index contributed by atoms with van der Waals surface area (Å²) in [7, 11) is 2.12. The van der Waals surface area contributed by atoms with Crippen LogP contribution >= 0.6 is 0 Å². The number of benzene rings is 1. The van der Waals surface area contributed by atoms with Crippen molar-refractivity contribution in [3.8, 4) is 0 Å². The third-order valence-corrected chi connectivity index (χ3v) is 4.01. The topological polar surface area (TPSA) is 29.9 Å². The number of fused-ring (bicyclic) bond motifs is 1. The Morgan fingerprint density at radius 2 is 2.05 bits per heavy atom. The number of rotatable bonds is 8. The molecule has 20 heavy (non-hydrogen) atoms. The van der Waals surface area contributed by atoms with E-state index < -0.39 is 0 Å². The molecule has 1 aromatic carbocycles. The molecule has 110 valence electrons. The normalized spacial score (nSPS) is 12.9. The van der Waals surface area contributed by atoms with Gasteiger partial charge < -0.3 is 9.88 Å². The first-order valence-corrected chi connectivity index (χ1v) is 7.90. The van der Waals surface area contributed by atoms with E-state index in [2.05, 4.69) is 55.0 Å². The highest BCUT2D eigenvalue weighted by atomic mass is 15.1. The first kappa shape index (κ1) is 15.0. The fraction of sp³-hybridized carbons (Fsp3) is 0.588. The fourth-order valence-electron chi connectivity index (χ4n) is 2.72. The molecule has 0 saturated heterocycles. The summed E-state index contributed by atoms with van der Waals surface area (Å²) in [6.45, 7) is 5.62. The van der Waals surface area contributed by atoms with Gasteiger partial charge in [0, 0.05) is 19.5 Å². The summed E-state index contributed by atoms with van der Waals surface area (Å²) in [6, 6.07) is 9.03. The van der Waals surface area contributed by atoms with Gasteiger partial charge in [-0.25, -0.2) is 4.98 Å². The number of para-hydroxylation sites is 2. The quantitative estimate of drug-likeness (QED) is 0.795. The molecule has 1 atom stereocenters. The Hall–Kier alpha value is -1.35. The van der Waals surface area contributed by atoms with Crippen LogP contribution in [0.25, 0.3) is 11.0 Å². The Balaban J connectivity index is 1.90. The predicted octanol–water partition coefficient (Wildman–Crippen LogP) is 3.67. The van der Waals surface area contributed by atoms with E-state index in [9.17, 15) is 0 Å². The maximum atomic E-state index is 4.74. The van der Waals surface area contributed by atoms with Crippen LogP contribution < -0.4 is 5.32 Å². The minimum Gasteiger partial charge on any atom is -0.331 e. The highest BCUT2D eigenvalue weighted by Crippen LogP contribution is 2.16. The summed E-state index contributed by atoms with van der Waals surface area (Å²) in [5.41, 5.74) is 2.35. The summed E-state index contributed by atoms with van der Waals surface area (Å²) >= 11 is 0. The molecule has 1 aromatic heterocycles. The minimum atomic E-state index is 0.657. The van der Waals surface area contributed by atoms with Gasteiger partial charge in [-0.1, -0.05) is 26.0 Å². The van der Waals surface area contributed by atoms with E-state index in [4.69, 9.17) is 4.98 Å². The van der Waals surface area contributed by atoms with E-state index in [-0.39, 0.29) is 0 Å².